The molecule has 3 heteroatoms. The van der Waals surface area contributed by atoms with Gasteiger partial charge in [-0.25, -0.2) is 0 Å². The second-order valence-electron chi connectivity index (χ2n) is 7.70. The van der Waals surface area contributed by atoms with Gasteiger partial charge >= 0.3 is 0 Å². The highest BCUT2D eigenvalue weighted by atomic mass is 79.9. The number of hydrogen-bond donors (Lipinski definition) is 0. The van der Waals surface area contributed by atoms with Gasteiger partial charge in [-0.15, -0.1) is 0 Å². The van der Waals surface area contributed by atoms with Crippen LogP contribution < -0.4 is 0 Å². The summed E-state index contributed by atoms with van der Waals surface area (Å²) in [7, 11) is 0. The number of fused-ring (bicyclic) bond motifs is 10. The van der Waals surface area contributed by atoms with Gasteiger partial charge in [0.05, 0.1) is 28.7 Å². The first-order chi connectivity index (χ1) is 14.7. The maximum atomic E-state index is 9.52. The first-order valence-electron chi connectivity index (χ1n) is 9.68. The van der Waals surface area contributed by atoms with E-state index in [1.54, 1.807) is 0 Å². The highest BCUT2D eigenvalue weighted by molar-refractivity contribution is 9.10. The molecular weight excluding hydrogens is 432 g/mol. The molecule has 0 unspecified atom stereocenters. The lowest BCUT2D eigenvalue weighted by molar-refractivity contribution is 0.793. The zero-order valence-corrected chi connectivity index (χ0v) is 17.4. The summed E-state index contributed by atoms with van der Waals surface area (Å²) in [4.78, 5) is 0. The fourth-order valence-corrected chi connectivity index (χ4v) is 5.92. The Labute approximate surface area is 182 Å². The van der Waals surface area contributed by atoms with Crippen molar-refractivity contribution in [2.75, 3.05) is 0 Å². The summed E-state index contributed by atoms with van der Waals surface area (Å²) < 4.78 is 1.07. The normalized spacial score (nSPS) is 13.7. The van der Waals surface area contributed by atoms with Crippen molar-refractivity contribution < 1.29 is 0 Å². The van der Waals surface area contributed by atoms with E-state index >= 15 is 0 Å². The molecule has 0 saturated carbocycles. The first kappa shape index (κ1) is 17.2. The van der Waals surface area contributed by atoms with E-state index in [1.807, 2.05) is 24.3 Å². The van der Waals surface area contributed by atoms with Gasteiger partial charge in [0.1, 0.15) is 0 Å². The van der Waals surface area contributed by atoms with Gasteiger partial charge in [0, 0.05) is 10.0 Å². The molecule has 0 aliphatic heterocycles. The van der Waals surface area contributed by atoms with E-state index in [0.29, 0.717) is 11.1 Å². The van der Waals surface area contributed by atoms with Gasteiger partial charge in [0.15, 0.2) is 0 Å². The lowest BCUT2D eigenvalue weighted by Crippen LogP contribution is -2.25. The molecule has 6 rings (SSSR count). The van der Waals surface area contributed by atoms with Crippen molar-refractivity contribution in [1.82, 2.24) is 0 Å². The third kappa shape index (κ3) is 1.91. The van der Waals surface area contributed by atoms with Crippen molar-refractivity contribution in [3.63, 3.8) is 0 Å². The molecule has 0 N–H and O–H groups in total. The summed E-state index contributed by atoms with van der Waals surface area (Å²) in [5, 5.41) is 19.0. The van der Waals surface area contributed by atoms with Crippen LogP contribution >= 0.6 is 15.9 Å². The quantitative estimate of drug-likeness (QED) is 0.267. The molecule has 0 atom stereocenters. The van der Waals surface area contributed by atoms with E-state index in [-0.39, 0.29) is 0 Å². The third-order valence-corrected chi connectivity index (χ3v) is 7.07. The molecule has 0 radical (unpaired) electrons. The summed E-state index contributed by atoms with van der Waals surface area (Å²) in [5.41, 5.74) is 10.1. The second kappa shape index (κ2) is 5.92. The Balaban J connectivity index is 1.85. The number of nitriles is 2. The van der Waals surface area contributed by atoms with E-state index in [4.69, 9.17) is 0 Å². The largest absolute Gasteiger partial charge is 0.192 e. The molecule has 4 aromatic carbocycles. The molecule has 138 valence electrons. The highest BCUT2D eigenvalue weighted by Gasteiger charge is 2.52. The van der Waals surface area contributed by atoms with Crippen LogP contribution in [-0.4, -0.2) is 0 Å². The van der Waals surface area contributed by atoms with Crippen molar-refractivity contribution >= 4 is 15.9 Å². The lowest BCUT2D eigenvalue weighted by atomic mass is 9.70. The molecule has 4 aromatic rings. The SMILES string of the molecule is N#Cc1ccc2c(c1)-c1cc(C#N)ccc1C21c2ccccc2-c2c(Br)cccc21. The van der Waals surface area contributed by atoms with Crippen LogP contribution in [-0.2, 0) is 5.41 Å². The molecule has 0 heterocycles. The zero-order valence-electron chi connectivity index (χ0n) is 15.8. The Hall–Kier alpha value is -3.66. The fraction of sp³-hybridized carbons (Fsp3) is 0.0370. The van der Waals surface area contributed by atoms with Gasteiger partial charge in [-0.2, -0.15) is 10.5 Å². The van der Waals surface area contributed by atoms with Gasteiger partial charge in [0.2, 0.25) is 0 Å². The van der Waals surface area contributed by atoms with Crippen LogP contribution in [0.25, 0.3) is 22.3 Å². The van der Waals surface area contributed by atoms with Crippen LogP contribution in [0.3, 0.4) is 0 Å². The van der Waals surface area contributed by atoms with Crippen molar-refractivity contribution in [1.29, 1.82) is 10.5 Å². The molecule has 0 aromatic heterocycles. The smallest absolute Gasteiger partial charge is 0.0991 e. The minimum absolute atomic E-state index is 0.456. The van der Waals surface area contributed by atoms with Crippen LogP contribution in [0, 0.1) is 22.7 Å². The van der Waals surface area contributed by atoms with Gasteiger partial charge < -0.3 is 0 Å². The molecule has 0 saturated heterocycles. The summed E-state index contributed by atoms with van der Waals surface area (Å²) in [5.74, 6) is 0. The zero-order chi connectivity index (χ0) is 20.5. The highest BCUT2D eigenvalue weighted by Crippen LogP contribution is 2.63. The molecule has 2 aliphatic rings. The van der Waals surface area contributed by atoms with Gasteiger partial charge in [-0.3, -0.25) is 0 Å². The number of halogens is 1. The Morgan fingerprint density at radius 2 is 1.17 bits per heavy atom. The van der Waals surface area contributed by atoms with Crippen molar-refractivity contribution in [3.05, 3.63) is 117 Å². The average molecular weight is 445 g/mol. The van der Waals surface area contributed by atoms with Crippen molar-refractivity contribution in [2.45, 2.75) is 5.41 Å². The summed E-state index contributed by atoms with van der Waals surface area (Å²) in [6.45, 7) is 0. The Morgan fingerprint density at radius 3 is 1.80 bits per heavy atom. The third-order valence-electron chi connectivity index (χ3n) is 6.41. The van der Waals surface area contributed by atoms with Gasteiger partial charge in [-0.05, 0) is 69.3 Å². The topological polar surface area (TPSA) is 47.6 Å². The van der Waals surface area contributed by atoms with Crippen LogP contribution in [0.1, 0.15) is 33.4 Å². The number of rotatable bonds is 0. The molecule has 0 bridgehead atoms. The van der Waals surface area contributed by atoms with Gasteiger partial charge in [-0.1, -0.05) is 64.5 Å². The van der Waals surface area contributed by atoms with E-state index in [9.17, 15) is 10.5 Å². The van der Waals surface area contributed by atoms with Crippen LogP contribution in [0.15, 0.2) is 83.3 Å². The van der Waals surface area contributed by atoms with Gasteiger partial charge in [0.25, 0.3) is 0 Å². The predicted molar refractivity (Wildman–Crippen MR) is 120 cm³/mol. The molecule has 0 fully saturated rings. The van der Waals surface area contributed by atoms with Crippen molar-refractivity contribution in [2.24, 2.45) is 0 Å². The van der Waals surface area contributed by atoms with Crippen molar-refractivity contribution in [3.8, 4) is 34.4 Å². The van der Waals surface area contributed by atoms with Crippen LogP contribution in [0.4, 0.5) is 0 Å². The Kier molecular flexibility index (Phi) is 3.40. The Morgan fingerprint density at radius 1 is 0.600 bits per heavy atom. The summed E-state index contributed by atoms with van der Waals surface area (Å²) >= 11 is 3.79. The molecular formula is C27H13BrN2. The van der Waals surface area contributed by atoms with E-state index in [0.717, 1.165) is 26.7 Å². The minimum Gasteiger partial charge on any atom is -0.192 e. The monoisotopic (exact) mass is 444 g/mol. The predicted octanol–water partition coefficient (Wildman–Crippen LogP) is 6.54. The van der Waals surface area contributed by atoms with Crippen LogP contribution in [0.2, 0.25) is 0 Å². The lowest BCUT2D eigenvalue weighted by Gasteiger charge is -2.30. The second-order valence-corrected chi connectivity index (χ2v) is 8.56. The maximum absolute atomic E-state index is 9.52. The fourth-order valence-electron chi connectivity index (χ4n) is 5.34. The van der Waals surface area contributed by atoms with Crippen LogP contribution in [0.5, 0.6) is 0 Å². The molecule has 30 heavy (non-hydrogen) atoms. The van der Waals surface area contributed by atoms with E-state index in [2.05, 4.69) is 82.7 Å². The molecule has 2 aliphatic carbocycles. The summed E-state index contributed by atoms with van der Waals surface area (Å²) in [6.07, 6.45) is 0. The standard InChI is InChI=1S/C27H13BrN2/c28-25-7-3-6-24-26(25)18-4-1-2-5-21(18)27(24)22-10-8-16(14-29)12-19(22)20-13-17(15-30)9-11-23(20)27/h1-13H. The number of nitrogens with zero attached hydrogens (tertiary/aromatic N) is 2. The maximum Gasteiger partial charge on any atom is 0.0991 e. The van der Waals surface area contributed by atoms with E-state index in [1.165, 1.54) is 22.3 Å². The van der Waals surface area contributed by atoms with E-state index < -0.39 is 5.41 Å². The number of benzene rings is 4. The first-order valence-corrected chi connectivity index (χ1v) is 10.5. The summed E-state index contributed by atoms with van der Waals surface area (Å²) in [6, 6.07) is 31.4. The Bertz CT molecular complexity index is 1420. The molecule has 2 nitrogen and oxygen atoms in total. The number of hydrogen-bond acceptors (Lipinski definition) is 2. The minimum atomic E-state index is -0.456. The molecule has 1 spiro atoms. The average Bonchev–Trinajstić information content (AvgIpc) is 3.26. The molecule has 0 amide bonds.